The highest BCUT2D eigenvalue weighted by molar-refractivity contribution is 7.07. The lowest BCUT2D eigenvalue weighted by Gasteiger charge is -2.11. The number of nitrogens with one attached hydrogen (secondary N) is 1. The maximum Gasteiger partial charge on any atom is 0.279 e. The number of nitrogens with zero attached hydrogens (tertiary/aromatic N) is 3. The van der Waals surface area contributed by atoms with Crippen LogP contribution in [0, 0.1) is 6.92 Å². The number of aromatic nitrogens is 1. The molecule has 9 heteroatoms. The van der Waals surface area contributed by atoms with Crippen molar-refractivity contribution in [1.82, 2.24) is 14.8 Å². The van der Waals surface area contributed by atoms with E-state index in [0.29, 0.717) is 28.4 Å². The third-order valence-electron chi connectivity index (χ3n) is 4.00. The van der Waals surface area contributed by atoms with Crippen LogP contribution in [-0.2, 0) is 11.3 Å². The normalized spacial score (nSPS) is 11.6. The third kappa shape index (κ3) is 5.67. The maximum absolute atomic E-state index is 12.6. The molecule has 8 nitrogen and oxygen atoms in total. The van der Waals surface area contributed by atoms with Gasteiger partial charge in [0.2, 0.25) is 5.91 Å². The molecule has 1 aromatic carbocycles. The van der Waals surface area contributed by atoms with Gasteiger partial charge >= 0.3 is 0 Å². The smallest absolute Gasteiger partial charge is 0.279 e. The fraction of sp³-hybridized carbons (Fsp3) is 0.421. The molecule has 1 N–H and O–H groups in total. The zero-order chi connectivity index (χ0) is 20.7. The lowest BCUT2D eigenvalue weighted by Crippen LogP contribution is -2.35. The number of carbonyl (C=O) groups is 2. The molecule has 0 saturated heterocycles. The molecule has 28 heavy (non-hydrogen) atoms. The fourth-order valence-electron chi connectivity index (χ4n) is 2.43. The summed E-state index contributed by atoms with van der Waals surface area (Å²) in [6.07, 6.45) is 0. The molecule has 0 bridgehead atoms. The van der Waals surface area contributed by atoms with Crippen LogP contribution in [0.3, 0.4) is 0 Å². The van der Waals surface area contributed by atoms with Crippen molar-refractivity contribution in [3.8, 4) is 11.5 Å². The average Bonchev–Trinajstić information content (AvgIpc) is 3.00. The Hall–Kier alpha value is -2.65. The number of carbonyl (C=O) groups excluding carboxylic acids is 2. The van der Waals surface area contributed by atoms with E-state index in [1.165, 1.54) is 25.6 Å². The summed E-state index contributed by atoms with van der Waals surface area (Å²) in [7, 11) is 6.93. The Morgan fingerprint density at radius 3 is 2.57 bits per heavy atom. The predicted octanol–water partition coefficient (Wildman–Crippen LogP) is 1.29. The van der Waals surface area contributed by atoms with E-state index in [0.717, 1.165) is 12.2 Å². The molecule has 0 radical (unpaired) electrons. The van der Waals surface area contributed by atoms with Crippen LogP contribution >= 0.6 is 11.3 Å². The van der Waals surface area contributed by atoms with Crippen LogP contribution in [-0.4, -0.2) is 62.7 Å². The Morgan fingerprint density at radius 2 is 1.93 bits per heavy atom. The number of hydrogen-bond donors (Lipinski definition) is 1. The van der Waals surface area contributed by atoms with E-state index in [2.05, 4.69) is 10.3 Å². The van der Waals surface area contributed by atoms with Gasteiger partial charge in [-0.2, -0.15) is 4.99 Å². The van der Waals surface area contributed by atoms with E-state index in [1.807, 2.05) is 31.3 Å². The van der Waals surface area contributed by atoms with Gasteiger partial charge in [0.1, 0.15) is 6.54 Å². The van der Waals surface area contributed by atoms with Crippen LogP contribution in [0.2, 0.25) is 0 Å². The summed E-state index contributed by atoms with van der Waals surface area (Å²) in [6, 6.07) is 4.88. The van der Waals surface area contributed by atoms with Gasteiger partial charge in [0, 0.05) is 29.7 Å². The molecule has 0 aliphatic heterocycles. The van der Waals surface area contributed by atoms with Gasteiger partial charge in [0.25, 0.3) is 5.91 Å². The highest BCUT2D eigenvalue weighted by Gasteiger charge is 2.12. The second-order valence-electron chi connectivity index (χ2n) is 6.39. The largest absolute Gasteiger partial charge is 0.493 e. The molecule has 0 aliphatic rings. The molecule has 1 aromatic heterocycles. The molecule has 0 spiro atoms. The number of hydrogen-bond acceptors (Lipinski definition) is 6. The lowest BCUT2D eigenvalue weighted by atomic mass is 10.2. The van der Waals surface area contributed by atoms with Crippen molar-refractivity contribution in [2.75, 3.05) is 41.4 Å². The zero-order valence-electron chi connectivity index (χ0n) is 16.8. The number of likely N-dealkylation sites (N-methyl/N-ethyl adjacent to an activating group) is 1. The van der Waals surface area contributed by atoms with Gasteiger partial charge in [0.15, 0.2) is 16.3 Å². The van der Waals surface area contributed by atoms with Gasteiger partial charge in [-0.25, -0.2) is 0 Å². The highest BCUT2D eigenvalue weighted by Crippen LogP contribution is 2.27. The van der Waals surface area contributed by atoms with E-state index in [4.69, 9.17) is 9.47 Å². The number of aryl methyl sites for hydroxylation is 1. The highest BCUT2D eigenvalue weighted by atomic mass is 32.1. The summed E-state index contributed by atoms with van der Waals surface area (Å²) < 4.78 is 12.2. The van der Waals surface area contributed by atoms with E-state index in [1.54, 1.807) is 22.8 Å². The van der Waals surface area contributed by atoms with Gasteiger partial charge in [-0.3, -0.25) is 9.59 Å². The molecule has 2 amide bonds. The van der Waals surface area contributed by atoms with Crippen molar-refractivity contribution in [3.63, 3.8) is 0 Å². The minimum absolute atomic E-state index is 0.112. The Bertz CT molecular complexity index is 902. The molecule has 0 aliphatic carbocycles. The summed E-state index contributed by atoms with van der Waals surface area (Å²) in [4.78, 5) is 31.5. The molecule has 0 saturated carbocycles. The Kier molecular flexibility index (Phi) is 7.77. The minimum Gasteiger partial charge on any atom is -0.493 e. The Morgan fingerprint density at radius 1 is 1.21 bits per heavy atom. The first kappa shape index (κ1) is 21.6. The van der Waals surface area contributed by atoms with E-state index in [-0.39, 0.29) is 12.5 Å². The standard InChI is InChI=1S/C19H26N4O4S/c1-13-12-28-19(23(13)11-17(24)20-8-9-22(2)3)21-18(25)14-6-7-15(26-4)16(10-14)27-5/h6-7,10,12H,8-9,11H2,1-5H3,(H,20,24). The number of ether oxygens (including phenoxy) is 2. The summed E-state index contributed by atoms with van der Waals surface area (Å²) in [5.74, 6) is 0.461. The zero-order valence-corrected chi connectivity index (χ0v) is 17.6. The lowest BCUT2D eigenvalue weighted by molar-refractivity contribution is -0.121. The maximum atomic E-state index is 12.6. The first-order valence-corrected chi connectivity index (χ1v) is 9.61. The van der Waals surface area contributed by atoms with Gasteiger partial charge in [-0.15, -0.1) is 11.3 Å². The molecule has 2 rings (SSSR count). The second kappa shape index (κ2) is 10.0. The summed E-state index contributed by atoms with van der Waals surface area (Å²) >= 11 is 1.32. The van der Waals surface area contributed by atoms with E-state index >= 15 is 0 Å². The Labute approximate surface area is 168 Å². The minimum atomic E-state index is -0.412. The van der Waals surface area contributed by atoms with Crippen molar-refractivity contribution < 1.29 is 19.1 Å². The van der Waals surface area contributed by atoms with Crippen LogP contribution in [0.15, 0.2) is 28.6 Å². The molecule has 0 unspecified atom stereocenters. The molecule has 0 fully saturated rings. The average molecular weight is 407 g/mol. The quantitative estimate of drug-likeness (QED) is 0.714. The van der Waals surface area contributed by atoms with E-state index in [9.17, 15) is 9.59 Å². The van der Waals surface area contributed by atoms with Crippen LogP contribution in [0.5, 0.6) is 11.5 Å². The van der Waals surface area contributed by atoms with Crippen LogP contribution in [0.4, 0.5) is 0 Å². The molecular formula is C19H26N4O4S. The summed E-state index contributed by atoms with van der Waals surface area (Å²) in [6.45, 7) is 3.31. The molecule has 2 aromatic rings. The predicted molar refractivity (Wildman–Crippen MR) is 108 cm³/mol. The van der Waals surface area contributed by atoms with Crippen LogP contribution in [0.1, 0.15) is 16.1 Å². The number of amides is 2. The topological polar surface area (TPSA) is 85.2 Å². The SMILES string of the molecule is COc1ccc(C(=O)N=c2scc(C)n2CC(=O)NCCN(C)C)cc1OC. The van der Waals surface area contributed by atoms with Gasteiger partial charge in [0.05, 0.1) is 14.2 Å². The van der Waals surface area contributed by atoms with Crippen LogP contribution in [0.25, 0.3) is 0 Å². The molecule has 1 heterocycles. The van der Waals surface area contributed by atoms with Crippen molar-refractivity contribution in [2.45, 2.75) is 13.5 Å². The third-order valence-corrected chi connectivity index (χ3v) is 4.98. The van der Waals surface area contributed by atoms with Crippen molar-refractivity contribution in [3.05, 3.63) is 39.6 Å². The summed E-state index contributed by atoms with van der Waals surface area (Å²) in [5, 5.41) is 4.73. The number of thiazole rings is 1. The number of rotatable bonds is 8. The first-order chi connectivity index (χ1) is 13.3. The fourth-order valence-corrected chi connectivity index (χ4v) is 3.31. The number of methoxy groups -OCH3 is 2. The molecule has 152 valence electrons. The van der Waals surface area contributed by atoms with Crippen molar-refractivity contribution >= 4 is 23.2 Å². The molecular weight excluding hydrogens is 380 g/mol. The monoisotopic (exact) mass is 406 g/mol. The second-order valence-corrected chi connectivity index (χ2v) is 7.22. The summed E-state index contributed by atoms with van der Waals surface area (Å²) in [5.41, 5.74) is 1.25. The number of benzene rings is 1. The van der Waals surface area contributed by atoms with Gasteiger partial charge < -0.3 is 24.3 Å². The van der Waals surface area contributed by atoms with Gasteiger partial charge in [-0.1, -0.05) is 0 Å². The van der Waals surface area contributed by atoms with Crippen molar-refractivity contribution in [1.29, 1.82) is 0 Å². The van der Waals surface area contributed by atoms with Gasteiger partial charge in [-0.05, 0) is 39.2 Å². The molecule has 0 atom stereocenters. The first-order valence-electron chi connectivity index (χ1n) is 8.73. The van der Waals surface area contributed by atoms with E-state index < -0.39 is 5.91 Å². The van der Waals surface area contributed by atoms with Crippen molar-refractivity contribution in [2.24, 2.45) is 4.99 Å². The Balaban J connectivity index is 2.20. The van der Waals surface area contributed by atoms with Crippen LogP contribution < -0.4 is 19.6 Å².